The smallest absolute Gasteiger partial charge is 0.125 e. The quantitative estimate of drug-likeness (QED) is 0.928. The van der Waals surface area contributed by atoms with Crippen LogP contribution in [0, 0.1) is 0 Å². The van der Waals surface area contributed by atoms with Crippen LogP contribution >= 0.6 is 0 Å². The van der Waals surface area contributed by atoms with Crippen LogP contribution in [0.3, 0.4) is 0 Å². The molecule has 1 N–H and O–H groups in total. The van der Waals surface area contributed by atoms with Gasteiger partial charge in [-0.1, -0.05) is 18.2 Å². The number of benzene rings is 1. The summed E-state index contributed by atoms with van der Waals surface area (Å²) in [7, 11) is 1.95. The minimum absolute atomic E-state index is 0.214. The molecule has 1 aliphatic heterocycles. The number of nitrogens with zero attached hydrogens (tertiary/aromatic N) is 2. The highest BCUT2D eigenvalue weighted by Crippen LogP contribution is 2.42. The molecule has 0 spiro atoms. The third-order valence-electron chi connectivity index (χ3n) is 3.80. The first-order valence-electron chi connectivity index (χ1n) is 7.06. The Hall–Kier alpha value is -1.81. The van der Waals surface area contributed by atoms with Crippen LogP contribution in [0.5, 0.6) is 5.75 Å². The molecule has 0 saturated heterocycles. The number of rotatable bonds is 4. The fourth-order valence-electron chi connectivity index (χ4n) is 2.83. The molecule has 4 heteroatoms. The molecule has 20 heavy (non-hydrogen) atoms. The van der Waals surface area contributed by atoms with Crippen molar-refractivity contribution in [3.8, 4) is 5.75 Å². The zero-order chi connectivity index (χ0) is 14.2. The van der Waals surface area contributed by atoms with Gasteiger partial charge in [0, 0.05) is 31.8 Å². The van der Waals surface area contributed by atoms with Gasteiger partial charge in [-0.3, -0.25) is 4.68 Å². The van der Waals surface area contributed by atoms with Gasteiger partial charge in [0.25, 0.3) is 0 Å². The maximum absolute atomic E-state index is 6.03. The van der Waals surface area contributed by atoms with Gasteiger partial charge < -0.3 is 10.1 Å². The summed E-state index contributed by atoms with van der Waals surface area (Å²) in [6, 6.07) is 10.6. The van der Waals surface area contributed by atoms with Crippen LogP contribution < -0.4 is 10.1 Å². The number of hydrogen-bond donors (Lipinski definition) is 1. The van der Waals surface area contributed by atoms with E-state index in [0.717, 1.165) is 24.4 Å². The number of nitrogens with one attached hydrogen (secondary N) is 1. The Balaban J connectivity index is 1.67. The highest BCUT2D eigenvalue weighted by molar-refractivity contribution is 5.42. The van der Waals surface area contributed by atoms with E-state index in [0.29, 0.717) is 0 Å². The molecule has 4 nitrogen and oxygen atoms in total. The van der Waals surface area contributed by atoms with Crippen molar-refractivity contribution in [2.24, 2.45) is 7.05 Å². The molecule has 0 saturated carbocycles. The van der Waals surface area contributed by atoms with E-state index in [1.54, 1.807) is 0 Å². The van der Waals surface area contributed by atoms with Crippen molar-refractivity contribution in [2.45, 2.75) is 31.9 Å². The van der Waals surface area contributed by atoms with E-state index >= 15 is 0 Å². The Kier molecular flexibility index (Phi) is 3.26. The van der Waals surface area contributed by atoms with Crippen molar-refractivity contribution in [1.82, 2.24) is 15.1 Å². The largest absolute Gasteiger partial charge is 0.486 e. The highest BCUT2D eigenvalue weighted by atomic mass is 16.5. The van der Waals surface area contributed by atoms with Gasteiger partial charge in [0.15, 0.2) is 0 Å². The summed E-state index contributed by atoms with van der Waals surface area (Å²) in [5.74, 6) is 0.993. The molecule has 1 aromatic carbocycles. The van der Waals surface area contributed by atoms with Crippen molar-refractivity contribution >= 4 is 0 Å². The number of fused-ring (bicyclic) bond motifs is 1. The number of ether oxygens (including phenoxy) is 1. The second-order valence-corrected chi connectivity index (χ2v) is 5.86. The molecule has 2 heterocycles. The molecule has 1 unspecified atom stereocenters. The minimum atomic E-state index is -0.214. The second-order valence-electron chi connectivity index (χ2n) is 5.86. The summed E-state index contributed by atoms with van der Waals surface area (Å²) in [5.41, 5.74) is 2.15. The summed E-state index contributed by atoms with van der Waals surface area (Å²) in [4.78, 5) is 0. The van der Waals surface area contributed by atoms with E-state index in [2.05, 4.69) is 42.5 Å². The summed E-state index contributed by atoms with van der Waals surface area (Å²) in [6.45, 7) is 5.15. The van der Waals surface area contributed by atoms with Gasteiger partial charge in [0.2, 0.25) is 0 Å². The molecule has 0 amide bonds. The van der Waals surface area contributed by atoms with E-state index in [1.807, 2.05) is 30.1 Å². The van der Waals surface area contributed by atoms with Crippen LogP contribution in [0.4, 0.5) is 0 Å². The molecule has 106 valence electrons. The summed E-state index contributed by atoms with van der Waals surface area (Å²) in [5, 5.41) is 8.01. The van der Waals surface area contributed by atoms with E-state index < -0.39 is 0 Å². The average Bonchev–Trinajstić information content (AvgIpc) is 2.91. The summed E-state index contributed by atoms with van der Waals surface area (Å²) >= 11 is 0. The lowest BCUT2D eigenvalue weighted by Crippen LogP contribution is -2.39. The fraction of sp³-hybridized carbons (Fsp3) is 0.438. The average molecular weight is 271 g/mol. The lowest BCUT2D eigenvalue weighted by Gasteiger charge is -2.27. The van der Waals surface area contributed by atoms with Crippen LogP contribution in [0.1, 0.15) is 31.1 Å². The normalized spacial score (nSPS) is 19.6. The van der Waals surface area contributed by atoms with Crippen molar-refractivity contribution in [2.75, 3.05) is 6.54 Å². The van der Waals surface area contributed by atoms with Gasteiger partial charge >= 0.3 is 0 Å². The van der Waals surface area contributed by atoms with Crippen LogP contribution in [-0.4, -0.2) is 21.9 Å². The number of aromatic nitrogens is 2. The van der Waals surface area contributed by atoms with Crippen molar-refractivity contribution in [1.29, 1.82) is 0 Å². The van der Waals surface area contributed by atoms with Crippen LogP contribution in [0.25, 0.3) is 0 Å². The topological polar surface area (TPSA) is 39.1 Å². The second kappa shape index (κ2) is 4.94. The number of para-hydroxylation sites is 1. The molecule has 1 aliphatic rings. The van der Waals surface area contributed by atoms with Crippen molar-refractivity contribution in [3.05, 3.63) is 47.8 Å². The Morgan fingerprint density at radius 2 is 2.10 bits per heavy atom. The molecule has 0 bridgehead atoms. The first-order chi connectivity index (χ1) is 9.56. The van der Waals surface area contributed by atoms with Gasteiger partial charge in [-0.05, 0) is 26.0 Å². The van der Waals surface area contributed by atoms with E-state index in [1.165, 1.54) is 5.56 Å². The van der Waals surface area contributed by atoms with Gasteiger partial charge in [0.1, 0.15) is 11.4 Å². The first kappa shape index (κ1) is 13.2. The predicted molar refractivity (Wildman–Crippen MR) is 78.8 cm³/mol. The van der Waals surface area contributed by atoms with Gasteiger partial charge in [0.05, 0.1) is 11.7 Å². The Labute approximate surface area is 119 Å². The lowest BCUT2D eigenvalue weighted by atomic mass is 9.94. The maximum atomic E-state index is 6.03. The monoisotopic (exact) mass is 271 g/mol. The van der Waals surface area contributed by atoms with Gasteiger partial charge in [-0.2, -0.15) is 5.10 Å². The van der Waals surface area contributed by atoms with Crippen molar-refractivity contribution in [3.63, 3.8) is 0 Å². The molecule has 0 fully saturated rings. The van der Waals surface area contributed by atoms with Crippen LogP contribution in [0.2, 0.25) is 0 Å². The minimum Gasteiger partial charge on any atom is -0.486 e. The number of hydrogen-bond acceptors (Lipinski definition) is 3. The van der Waals surface area contributed by atoms with Gasteiger partial charge in [-0.25, -0.2) is 0 Å². The van der Waals surface area contributed by atoms with E-state index in [9.17, 15) is 0 Å². The number of aryl methyl sites for hydroxylation is 1. The Morgan fingerprint density at radius 1 is 1.30 bits per heavy atom. The molecule has 2 aromatic rings. The molecule has 1 aromatic heterocycles. The van der Waals surface area contributed by atoms with Crippen molar-refractivity contribution < 1.29 is 4.74 Å². The molecule has 0 aliphatic carbocycles. The molecule has 1 atom stereocenters. The highest BCUT2D eigenvalue weighted by Gasteiger charge is 2.40. The lowest BCUT2D eigenvalue weighted by molar-refractivity contribution is 0.0967. The van der Waals surface area contributed by atoms with Gasteiger partial charge in [-0.15, -0.1) is 0 Å². The zero-order valence-corrected chi connectivity index (χ0v) is 12.3. The SMILES string of the molecule is Cn1ccc(CCNC2c3ccccc3OC2(C)C)n1. The zero-order valence-electron chi connectivity index (χ0n) is 12.3. The predicted octanol–water partition coefficient (Wildman–Crippen LogP) is 2.46. The molecule has 3 rings (SSSR count). The Bertz CT molecular complexity index is 603. The molecule has 0 radical (unpaired) electrons. The van der Waals surface area contributed by atoms with Crippen LogP contribution in [0.15, 0.2) is 36.5 Å². The summed E-state index contributed by atoms with van der Waals surface area (Å²) < 4.78 is 7.87. The third-order valence-corrected chi connectivity index (χ3v) is 3.80. The Morgan fingerprint density at radius 3 is 2.85 bits per heavy atom. The standard InChI is InChI=1S/C16H21N3O/c1-16(2)15(13-6-4-5-7-14(13)20-16)17-10-8-12-9-11-19(3)18-12/h4-7,9,11,15,17H,8,10H2,1-3H3. The maximum Gasteiger partial charge on any atom is 0.125 e. The first-order valence-corrected chi connectivity index (χ1v) is 7.06. The van der Waals surface area contributed by atoms with E-state index in [-0.39, 0.29) is 11.6 Å². The van der Waals surface area contributed by atoms with E-state index in [4.69, 9.17) is 4.74 Å². The molecular weight excluding hydrogens is 250 g/mol. The fourth-order valence-corrected chi connectivity index (χ4v) is 2.83. The van der Waals surface area contributed by atoms with Crippen LogP contribution in [-0.2, 0) is 13.5 Å². The molecular formula is C16H21N3O. The third kappa shape index (κ3) is 2.43. The summed E-state index contributed by atoms with van der Waals surface area (Å²) in [6.07, 6.45) is 2.91.